The number of amides is 1. The van der Waals surface area contributed by atoms with Crippen molar-refractivity contribution in [3.8, 4) is 0 Å². The molecule has 5 heteroatoms. The van der Waals surface area contributed by atoms with Gasteiger partial charge >= 0.3 is 0 Å². The number of carbonyl (C=O) groups excluding carboxylic acids is 1. The van der Waals surface area contributed by atoms with E-state index in [0.29, 0.717) is 22.4 Å². The molecule has 0 aromatic heterocycles. The quantitative estimate of drug-likeness (QED) is 0.777. The average Bonchev–Trinajstić information content (AvgIpc) is 2.27. The summed E-state index contributed by atoms with van der Waals surface area (Å²) in [4.78, 5) is 12.1. The number of nitrogens with one attached hydrogen (secondary N) is 1. The Morgan fingerprint density at radius 3 is 2.61 bits per heavy atom. The van der Waals surface area contributed by atoms with Crippen molar-refractivity contribution < 1.29 is 4.79 Å². The summed E-state index contributed by atoms with van der Waals surface area (Å²) in [7, 11) is 0. The van der Waals surface area contributed by atoms with Crippen LogP contribution in [0, 0.1) is 5.92 Å². The number of halogens is 3. The van der Waals surface area contributed by atoms with Gasteiger partial charge in [-0.25, -0.2) is 0 Å². The van der Waals surface area contributed by atoms with Crippen LogP contribution in [0.5, 0.6) is 0 Å². The van der Waals surface area contributed by atoms with Gasteiger partial charge in [0.2, 0.25) is 0 Å². The molecule has 0 aliphatic heterocycles. The van der Waals surface area contributed by atoms with E-state index in [2.05, 4.69) is 35.1 Å². The highest BCUT2D eigenvalue weighted by Crippen LogP contribution is 2.21. The number of benzene rings is 1. The first-order chi connectivity index (χ1) is 8.45. The Bertz CT molecular complexity index is 423. The number of carbonyl (C=O) groups is 1. The van der Waals surface area contributed by atoms with Gasteiger partial charge in [-0.05, 0) is 30.5 Å². The molecule has 0 fully saturated rings. The van der Waals surface area contributed by atoms with Crippen molar-refractivity contribution in [1.29, 1.82) is 0 Å². The molecule has 0 saturated carbocycles. The summed E-state index contributed by atoms with van der Waals surface area (Å²) in [5.41, 5.74) is 0.486. The third-order valence-corrected chi connectivity index (χ3v) is 3.74. The second kappa shape index (κ2) is 7.37. The Morgan fingerprint density at radius 2 is 2.11 bits per heavy atom. The van der Waals surface area contributed by atoms with Crippen molar-refractivity contribution in [1.82, 2.24) is 5.32 Å². The Balaban J connectivity index is 2.80. The van der Waals surface area contributed by atoms with Crippen LogP contribution in [0.1, 0.15) is 30.6 Å². The van der Waals surface area contributed by atoms with Crippen LogP contribution >= 0.6 is 39.1 Å². The number of hydrogen-bond acceptors (Lipinski definition) is 1. The van der Waals surface area contributed by atoms with E-state index in [-0.39, 0.29) is 11.9 Å². The fourth-order valence-electron chi connectivity index (χ4n) is 1.61. The molecule has 1 N–H and O–H groups in total. The average molecular weight is 353 g/mol. The summed E-state index contributed by atoms with van der Waals surface area (Å²) < 4.78 is 0.852. The summed E-state index contributed by atoms with van der Waals surface area (Å²) in [6.07, 6.45) is 0.749. The Morgan fingerprint density at radius 1 is 1.44 bits per heavy atom. The lowest BCUT2D eigenvalue weighted by atomic mass is 10.0. The molecule has 1 amide bonds. The van der Waals surface area contributed by atoms with Crippen molar-refractivity contribution >= 4 is 45.0 Å². The first-order valence-electron chi connectivity index (χ1n) is 5.77. The van der Waals surface area contributed by atoms with Crippen LogP contribution < -0.4 is 5.32 Å². The van der Waals surface area contributed by atoms with Crippen molar-refractivity contribution in [2.24, 2.45) is 5.92 Å². The third-order valence-electron chi connectivity index (χ3n) is 2.72. The van der Waals surface area contributed by atoms with Gasteiger partial charge in [-0.2, -0.15) is 0 Å². The molecule has 1 aromatic rings. The van der Waals surface area contributed by atoms with Gasteiger partial charge in [0, 0.05) is 16.4 Å². The van der Waals surface area contributed by atoms with E-state index >= 15 is 0 Å². The number of alkyl halides is 1. The van der Waals surface area contributed by atoms with Gasteiger partial charge < -0.3 is 5.32 Å². The predicted molar refractivity (Wildman–Crippen MR) is 80.6 cm³/mol. The zero-order valence-electron chi connectivity index (χ0n) is 10.3. The maximum absolute atomic E-state index is 12.1. The largest absolute Gasteiger partial charge is 0.349 e. The minimum atomic E-state index is -0.156. The third kappa shape index (κ3) is 4.45. The molecule has 0 saturated heterocycles. The lowest BCUT2D eigenvalue weighted by Crippen LogP contribution is -2.39. The monoisotopic (exact) mass is 351 g/mol. The number of hydrogen-bond donors (Lipinski definition) is 1. The van der Waals surface area contributed by atoms with Gasteiger partial charge in [0.1, 0.15) is 0 Å². The topological polar surface area (TPSA) is 29.1 Å². The molecule has 0 bridgehead atoms. The van der Waals surface area contributed by atoms with Gasteiger partial charge in [-0.3, -0.25) is 4.79 Å². The van der Waals surface area contributed by atoms with Gasteiger partial charge in [0.05, 0.1) is 10.6 Å². The molecule has 0 aliphatic carbocycles. The van der Waals surface area contributed by atoms with Crippen molar-refractivity contribution in [2.45, 2.75) is 26.3 Å². The van der Waals surface area contributed by atoms with E-state index in [0.717, 1.165) is 10.9 Å². The van der Waals surface area contributed by atoms with Crippen molar-refractivity contribution in [3.63, 3.8) is 0 Å². The van der Waals surface area contributed by atoms with Gasteiger partial charge in [0.25, 0.3) is 5.91 Å². The molecule has 0 heterocycles. The van der Waals surface area contributed by atoms with E-state index in [1.54, 1.807) is 18.2 Å². The van der Waals surface area contributed by atoms with Crippen LogP contribution in [0.25, 0.3) is 0 Å². The van der Waals surface area contributed by atoms with Crippen LogP contribution in [0.3, 0.4) is 0 Å². The summed E-state index contributed by atoms with van der Waals surface area (Å²) in [6.45, 7) is 4.11. The maximum atomic E-state index is 12.1. The Hall–Kier alpha value is -0.250. The van der Waals surface area contributed by atoms with Gasteiger partial charge in [0.15, 0.2) is 0 Å². The normalized spacial score (nSPS) is 12.6. The highest BCUT2D eigenvalue weighted by atomic mass is 79.9. The van der Waals surface area contributed by atoms with E-state index in [1.165, 1.54) is 0 Å². The Labute approximate surface area is 126 Å². The van der Waals surface area contributed by atoms with Crippen LogP contribution in [0.15, 0.2) is 22.7 Å². The first kappa shape index (κ1) is 15.8. The molecule has 1 aromatic carbocycles. The van der Waals surface area contributed by atoms with Crippen molar-refractivity contribution in [2.75, 3.05) is 5.88 Å². The van der Waals surface area contributed by atoms with E-state index in [1.807, 2.05) is 0 Å². The molecule has 100 valence electrons. The summed E-state index contributed by atoms with van der Waals surface area (Å²) in [5, 5.41) is 3.41. The van der Waals surface area contributed by atoms with Crippen LogP contribution in [-0.4, -0.2) is 17.8 Å². The second-order valence-electron chi connectivity index (χ2n) is 4.43. The fourth-order valence-corrected chi connectivity index (χ4v) is 2.60. The number of rotatable bonds is 5. The molecule has 0 spiro atoms. The molecule has 0 aliphatic rings. The molecule has 1 unspecified atom stereocenters. The summed E-state index contributed by atoms with van der Waals surface area (Å²) in [5.74, 6) is 0.704. The molecular weight excluding hydrogens is 337 g/mol. The maximum Gasteiger partial charge on any atom is 0.253 e. The van der Waals surface area contributed by atoms with Gasteiger partial charge in [-0.15, -0.1) is 11.6 Å². The lowest BCUT2D eigenvalue weighted by Gasteiger charge is -2.21. The van der Waals surface area contributed by atoms with Crippen LogP contribution in [0.2, 0.25) is 5.02 Å². The second-order valence-corrected chi connectivity index (χ2v) is 6.13. The van der Waals surface area contributed by atoms with Crippen LogP contribution in [-0.2, 0) is 0 Å². The summed E-state index contributed by atoms with van der Waals surface area (Å²) in [6, 6.07) is 5.28. The fraction of sp³-hybridized carbons (Fsp3) is 0.462. The standard InChI is InChI=1S/C13H16BrCl2NO/c1-8(2)12(5-6-15)17-13(18)10-4-3-9(14)7-11(10)16/h3-4,7-8,12H,5-6H2,1-2H3,(H,17,18). The molecular formula is C13H16BrCl2NO. The van der Waals surface area contributed by atoms with Gasteiger partial charge in [-0.1, -0.05) is 41.4 Å². The molecule has 2 nitrogen and oxygen atoms in total. The zero-order chi connectivity index (χ0) is 13.7. The van der Waals surface area contributed by atoms with E-state index in [4.69, 9.17) is 23.2 Å². The highest BCUT2D eigenvalue weighted by Gasteiger charge is 2.18. The molecule has 0 radical (unpaired) electrons. The molecule has 18 heavy (non-hydrogen) atoms. The first-order valence-corrected chi connectivity index (χ1v) is 7.48. The minimum absolute atomic E-state index is 0.0645. The van der Waals surface area contributed by atoms with E-state index < -0.39 is 0 Å². The SMILES string of the molecule is CC(C)C(CCCl)NC(=O)c1ccc(Br)cc1Cl. The minimum Gasteiger partial charge on any atom is -0.349 e. The van der Waals surface area contributed by atoms with Crippen LogP contribution in [0.4, 0.5) is 0 Å². The zero-order valence-corrected chi connectivity index (χ0v) is 13.4. The smallest absolute Gasteiger partial charge is 0.253 e. The predicted octanol–water partition coefficient (Wildman–Crippen LogP) is 4.49. The lowest BCUT2D eigenvalue weighted by molar-refractivity contribution is 0.0925. The molecule has 1 rings (SSSR count). The Kier molecular flexibility index (Phi) is 6.47. The van der Waals surface area contributed by atoms with Crippen molar-refractivity contribution in [3.05, 3.63) is 33.3 Å². The molecule has 1 atom stereocenters. The van der Waals surface area contributed by atoms with E-state index in [9.17, 15) is 4.79 Å². The summed E-state index contributed by atoms with van der Waals surface area (Å²) >= 11 is 15.1. The highest BCUT2D eigenvalue weighted by molar-refractivity contribution is 9.10.